The second kappa shape index (κ2) is 5.46. The molecule has 0 saturated heterocycles. The Kier molecular flexibility index (Phi) is 3.73. The molecule has 0 aliphatic rings. The predicted octanol–water partition coefficient (Wildman–Crippen LogP) is 2.64. The van der Waals surface area contributed by atoms with Crippen LogP contribution in [0.3, 0.4) is 0 Å². The van der Waals surface area contributed by atoms with E-state index in [1.165, 1.54) is 0 Å². The zero-order chi connectivity index (χ0) is 12.1. The Balaban J connectivity index is 1.92. The number of nitrogens with one attached hydrogen (secondary N) is 1. The molecule has 3 nitrogen and oxygen atoms in total. The Morgan fingerprint density at radius 3 is 2.59 bits per heavy atom. The lowest BCUT2D eigenvalue weighted by molar-refractivity contribution is 0.474. The molecule has 88 valence electrons. The Labute approximate surface area is 101 Å². The summed E-state index contributed by atoms with van der Waals surface area (Å²) in [6, 6.07) is 13.3. The number of nitrogens with zero attached hydrogens (tertiary/aromatic N) is 1. The van der Waals surface area contributed by atoms with Crippen LogP contribution in [0.5, 0.6) is 5.75 Å². The molecule has 1 unspecified atom stereocenters. The van der Waals surface area contributed by atoms with Gasteiger partial charge in [0.1, 0.15) is 5.75 Å². The molecule has 0 bridgehead atoms. The van der Waals surface area contributed by atoms with Crippen molar-refractivity contribution in [2.75, 3.05) is 0 Å². The van der Waals surface area contributed by atoms with Gasteiger partial charge in [0.15, 0.2) is 0 Å². The van der Waals surface area contributed by atoms with Gasteiger partial charge in [0.25, 0.3) is 0 Å². The highest BCUT2D eigenvalue weighted by atomic mass is 16.3. The van der Waals surface area contributed by atoms with E-state index < -0.39 is 0 Å². The van der Waals surface area contributed by atoms with Crippen LogP contribution in [-0.2, 0) is 6.54 Å². The third kappa shape index (κ3) is 3.29. The van der Waals surface area contributed by atoms with Crippen LogP contribution in [0.25, 0.3) is 0 Å². The van der Waals surface area contributed by atoms with Crippen LogP contribution in [-0.4, -0.2) is 10.1 Å². The van der Waals surface area contributed by atoms with Crippen molar-refractivity contribution < 1.29 is 5.11 Å². The smallest absolute Gasteiger partial charge is 0.115 e. The van der Waals surface area contributed by atoms with E-state index >= 15 is 0 Å². The van der Waals surface area contributed by atoms with E-state index in [2.05, 4.69) is 17.2 Å². The van der Waals surface area contributed by atoms with Crippen LogP contribution < -0.4 is 5.32 Å². The number of phenols is 1. The number of pyridine rings is 1. The summed E-state index contributed by atoms with van der Waals surface area (Å²) in [5.41, 5.74) is 2.18. The third-order valence-electron chi connectivity index (χ3n) is 2.68. The molecule has 2 rings (SSSR count). The zero-order valence-corrected chi connectivity index (χ0v) is 9.80. The molecule has 2 N–H and O–H groups in total. The molecule has 1 aromatic heterocycles. The van der Waals surface area contributed by atoms with Crippen LogP contribution in [0.1, 0.15) is 24.2 Å². The van der Waals surface area contributed by atoms with Crippen molar-refractivity contribution in [2.24, 2.45) is 0 Å². The van der Waals surface area contributed by atoms with E-state index in [1.807, 2.05) is 30.3 Å². The van der Waals surface area contributed by atoms with Crippen molar-refractivity contribution in [3.63, 3.8) is 0 Å². The van der Waals surface area contributed by atoms with Gasteiger partial charge in [-0.2, -0.15) is 0 Å². The summed E-state index contributed by atoms with van der Waals surface area (Å²) in [7, 11) is 0. The molecule has 0 aliphatic carbocycles. The lowest BCUT2D eigenvalue weighted by Gasteiger charge is -2.13. The van der Waals surface area contributed by atoms with Gasteiger partial charge in [-0.15, -0.1) is 0 Å². The molecule has 1 aromatic carbocycles. The second-order valence-electron chi connectivity index (χ2n) is 4.02. The van der Waals surface area contributed by atoms with Gasteiger partial charge < -0.3 is 10.4 Å². The molecule has 1 heterocycles. The maximum Gasteiger partial charge on any atom is 0.115 e. The van der Waals surface area contributed by atoms with Gasteiger partial charge in [-0.05, 0) is 36.8 Å². The van der Waals surface area contributed by atoms with Gasteiger partial charge in [0.2, 0.25) is 0 Å². The fourth-order valence-electron chi connectivity index (χ4n) is 1.62. The maximum absolute atomic E-state index is 9.18. The number of aromatic hydroxyl groups is 1. The molecule has 17 heavy (non-hydrogen) atoms. The molecule has 0 saturated carbocycles. The maximum atomic E-state index is 9.18. The molecule has 1 atom stereocenters. The monoisotopic (exact) mass is 228 g/mol. The molecule has 0 fully saturated rings. The van der Waals surface area contributed by atoms with Crippen molar-refractivity contribution in [3.05, 3.63) is 59.9 Å². The quantitative estimate of drug-likeness (QED) is 0.845. The first-order valence-corrected chi connectivity index (χ1v) is 5.68. The lowest BCUT2D eigenvalue weighted by Crippen LogP contribution is -2.18. The number of phenolic OH excluding ortho intramolecular Hbond substituents is 1. The first-order chi connectivity index (χ1) is 8.25. The van der Waals surface area contributed by atoms with Gasteiger partial charge in [-0.3, -0.25) is 4.98 Å². The number of aromatic nitrogens is 1. The van der Waals surface area contributed by atoms with E-state index in [0.29, 0.717) is 5.75 Å². The topological polar surface area (TPSA) is 45.1 Å². The largest absolute Gasteiger partial charge is 0.508 e. The van der Waals surface area contributed by atoms with Gasteiger partial charge in [0, 0.05) is 18.8 Å². The van der Waals surface area contributed by atoms with E-state index in [-0.39, 0.29) is 6.04 Å². The van der Waals surface area contributed by atoms with Crippen LogP contribution in [0.2, 0.25) is 0 Å². The van der Waals surface area contributed by atoms with Crippen LogP contribution in [0, 0.1) is 0 Å². The number of hydrogen-bond acceptors (Lipinski definition) is 3. The highest BCUT2D eigenvalue weighted by Gasteiger charge is 2.04. The van der Waals surface area contributed by atoms with E-state index in [1.54, 1.807) is 18.3 Å². The Morgan fingerprint density at radius 1 is 1.18 bits per heavy atom. The van der Waals surface area contributed by atoms with Gasteiger partial charge in [0.05, 0.1) is 5.69 Å². The van der Waals surface area contributed by atoms with Crippen LogP contribution >= 0.6 is 0 Å². The summed E-state index contributed by atoms with van der Waals surface area (Å²) in [5.74, 6) is 0.298. The SMILES string of the molecule is CC(NCc1ccc(O)cc1)c1ccccn1. The van der Waals surface area contributed by atoms with Gasteiger partial charge in [-0.25, -0.2) is 0 Å². The minimum Gasteiger partial charge on any atom is -0.508 e. The number of hydrogen-bond donors (Lipinski definition) is 2. The number of rotatable bonds is 4. The van der Waals surface area contributed by atoms with Crippen molar-refractivity contribution in [1.82, 2.24) is 10.3 Å². The first kappa shape index (κ1) is 11.6. The fraction of sp³-hybridized carbons (Fsp3) is 0.214. The highest BCUT2D eigenvalue weighted by Crippen LogP contribution is 2.12. The summed E-state index contributed by atoms with van der Waals surface area (Å²) >= 11 is 0. The molecular weight excluding hydrogens is 212 g/mol. The summed E-state index contributed by atoms with van der Waals surface area (Å²) in [6.45, 7) is 2.85. The molecule has 3 heteroatoms. The normalized spacial score (nSPS) is 12.3. The van der Waals surface area contributed by atoms with Crippen molar-refractivity contribution in [2.45, 2.75) is 19.5 Å². The van der Waals surface area contributed by atoms with Crippen molar-refractivity contribution in [1.29, 1.82) is 0 Å². The minimum absolute atomic E-state index is 0.213. The Morgan fingerprint density at radius 2 is 1.94 bits per heavy atom. The Bertz CT molecular complexity index is 453. The van der Waals surface area contributed by atoms with Crippen LogP contribution in [0.15, 0.2) is 48.7 Å². The average molecular weight is 228 g/mol. The van der Waals surface area contributed by atoms with Gasteiger partial charge in [-0.1, -0.05) is 18.2 Å². The summed E-state index contributed by atoms with van der Waals surface area (Å²) in [4.78, 5) is 4.30. The molecule has 0 amide bonds. The molecule has 0 radical (unpaired) electrons. The number of benzene rings is 1. The standard InChI is InChI=1S/C14H16N2O/c1-11(14-4-2-3-9-15-14)16-10-12-5-7-13(17)8-6-12/h2-9,11,16-17H,10H2,1H3. The molecule has 0 aliphatic heterocycles. The summed E-state index contributed by atoms with van der Waals surface area (Å²) in [5, 5.41) is 12.6. The molecule has 2 aromatic rings. The van der Waals surface area contributed by atoms with E-state index in [4.69, 9.17) is 0 Å². The zero-order valence-electron chi connectivity index (χ0n) is 9.80. The van der Waals surface area contributed by atoms with E-state index in [0.717, 1.165) is 17.8 Å². The van der Waals surface area contributed by atoms with E-state index in [9.17, 15) is 5.11 Å². The third-order valence-corrected chi connectivity index (χ3v) is 2.68. The first-order valence-electron chi connectivity index (χ1n) is 5.68. The highest BCUT2D eigenvalue weighted by molar-refractivity contribution is 5.25. The second-order valence-corrected chi connectivity index (χ2v) is 4.02. The van der Waals surface area contributed by atoms with Crippen LogP contribution in [0.4, 0.5) is 0 Å². The minimum atomic E-state index is 0.213. The average Bonchev–Trinajstić information content (AvgIpc) is 2.39. The molecular formula is C14H16N2O. The summed E-state index contributed by atoms with van der Waals surface area (Å²) in [6.07, 6.45) is 1.80. The fourth-order valence-corrected chi connectivity index (χ4v) is 1.62. The molecule has 0 spiro atoms. The van der Waals surface area contributed by atoms with Crippen molar-refractivity contribution in [3.8, 4) is 5.75 Å². The Hall–Kier alpha value is -1.87. The van der Waals surface area contributed by atoms with Gasteiger partial charge >= 0.3 is 0 Å². The van der Waals surface area contributed by atoms with Crippen molar-refractivity contribution >= 4 is 0 Å². The summed E-state index contributed by atoms with van der Waals surface area (Å²) < 4.78 is 0. The predicted molar refractivity (Wildman–Crippen MR) is 67.6 cm³/mol. The lowest BCUT2D eigenvalue weighted by atomic mass is 10.1.